The second-order valence-electron chi connectivity index (χ2n) is 5.05. The van der Waals surface area contributed by atoms with E-state index in [0.717, 1.165) is 17.3 Å². The van der Waals surface area contributed by atoms with Crippen LogP contribution in [0.3, 0.4) is 0 Å². The maximum Gasteiger partial charge on any atom is 0.273 e. The van der Waals surface area contributed by atoms with Crippen molar-refractivity contribution in [3.05, 3.63) is 28.5 Å². The van der Waals surface area contributed by atoms with Crippen molar-refractivity contribution in [1.82, 2.24) is 9.88 Å². The van der Waals surface area contributed by atoms with Gasteiger partial charge in [-0.05, 0) is 40.9 Å². The lowest BCUT2D eigenvalue weighted by Gasteiger charge is -2.38. The third kappa shape index (κ3) is 2.95. The molecule has 1 aromatic heterocycles. The number of aromatic nitrogens is 1. The Labute approximate surface area is 126 Å². The number of hydrogen-bond acceptors (Lipinski definition) is 3. The Kier molecular flexibility index (Phi) is 4.20. The Balaban J connectivity index is 2.08. The van der Waals surface area contributed by atoms with Gasteiger partial charge in [0.25, 0.3) is 5.91 Å². The van der Waals surface area contributed by atoms with Crippen molar-refractivity contribution in [2.75, 3.05) is 13.1 Å². The first kappa shape index (κ1) is 14.4. The zero-order valence-electron chi connectivity index (χ0n) is 10.7. The second kappa shape index (κ2) is 5.54. The van der Waals surface area contributed by atoms with E-state index in [9.17, 15) is 4.79 Å². The number of hydrogen-bond donors (Lipinski definition) is 1. The third-order valence-electron chi connectivity index (χ3n) is 3.71. The molecule has 1 aliphatic heterocycles. The van der Waals surface area contributed by atoms with E-state index in [1.807, 2.05) is 11.0 Å². The molecule has 4 nitrogen and oxygen atoms in total. The smallest absolute Gasteiger partial charge is 0.273 e. The predicted molar refractivity (Wildman–Crippen MR) is 82.0 cm³/mol. The summed E-state index contributed by atoms with van der Waals surface area (Å²) in [5, 5.41) is 0. The first-order valence-corrected chi connectivity index (χ1v) is 7.34. The molecule has 1 aliphatic rings. The molecule has 1 amide bonds. The number of pyridine rings is 1. The van der Waals surface area contributed by atoms with E-state index in [1.165, 1.54) is 0 Å². The molecule has 2 N–H and O–H groups in total. The average Bonchev–Trinajstić information content (AvgIpc) is 2.39. The van der Waals surface area contributed by atoms with Crippen LogP contribution in [0.2, 0.25) is 0 Å². The number of halogens is 1. The third-order valence-corrected chi connectivity index (χ3v) is 4.84. The van der Waals surface area contributed by atoms with Crippen LogP contribution < -0.4 is 5.73 Å². The minimum absolute atomic E-state index is 0.0440. The molecule has 0 aromatic carbocycles. The first-order chi connectivity index (χ1) is 8.94. The van der Waals surface area contributed by atoms with Crippen molar-refractivity contribution < 1.29 is 4.79 Å². The summed E-state index contributed by atoms with van der Waals surface area (Å²) >= 11 is 8.46. The van der Waals surface area contributed by atoms with E-state index in [0.29, 0.717) is 23.8 Å². The highest BCUT2D eigenvalue weighted by molar-refractivity contribution is 9.10. The maximum atomic E-state index is 12.4. The van der Waals surface area contributed by atoms with Crippen LogP contribution in [0.15, 0.2) is 22.8 Å². The van der Waals surface area contributed by atoms with E-state index in [4.69, 9.17) is 18.0 Å². The van der Waals surface area contributed by atoms with E-state index in [2.05, 4.69) is 27.8 Å². The van der Waals surface area contributed by atoms with Crippen molar-refractivity contribution >= 4 is 39.0 Å². The molecular weight excluding hydrogens is 326 g/mol. The summed E-state index contributed by atoms with van der Waals surface area (Å²) in [6.45, 7) is 3.39. The summed E-state index contributed by atoms with van der Waals surface area (Å²) in [7, 11) is 0. The van der Waals surface area contributed by atoms with Gasteiger partial charge in [-0.3, -0.25) is 4.79 Å². The van der Waals surface area contributed by atoms with Gasteiger partial charge in [-0.1, -0.05) is 19.1 Å². The molecule has 6 heteroatoms. The monoisotopic (exact) mass is 341 g/mol. The van der Waals surface area contributed by atoms with Crippen LogP contribution in [0.25, 0.3) is 0 Å². The Morgan fingerprint density at radius 1 is 1.53 bits per heavy atom. The summed E-state index contributed by atoms with van der Waals surface area (Å²) in [6.07, 6.45) is 3.23. The van der Waals surface area contributed by atoms with Crippen LogP contribution in [0.5, 0.6) is 0 Å². The standard InChI is InChI=1S/C13H16BrN3OS/c1-13(12(15)19)4-7-17(8-5-13)11(18)10-9(14)3-2-6-16-10/h2-3,6H,4-5,7-8H2,1H3,(H2,15,19). The summed E-state index contributed by atoms with van der Waals surface area (Å²) in [4.78, 5) is 18.9. The molecule has 102 valence electrons. The van der Waals surface area contributed by atoms with Gasteiger partial charge in [0.1, 0.15) is 5.69 Å². The lowest BCUT2D eigenvalue weighted by Crippen LogP contribution is -2.46. The Morgan fingerprint density at radius 2 is 2.16 bits per heavy atom. The summed E-state index contributed by atoms with van der Waals surface area (Å²) in [6, 6.07) is 3.62. The van der Waals surface area contributed by atoms with Gasteiger partial charge in [0, 0.05) is 29.2 Å². The number of rotatable bonds is 2. The van der Waals surface area contributed by atoms with Crippen LogP contribution >= 0.6 is 28.1 Å². The number of likely N-dealkylation sites (tertiary alicyclic amines) is 1. The van der Waals surface area contributed by atoms with Crippen molar-refractivity contribution in [1.29, 1.82) is 0 Å². The van der Waals surface area contributed by atoms with E-state index < -0.39 is 0 Å². The molecule has 0 unspecified atom stereocenters. The highest BCUT2D eigenvalue weighted by Crippen LogP contribution is 2.32. The number of thiocarbonyl (C=S) groups is 1. The minimum atomic E-state index is -0.131. The Hall–Kier alpha value is -1.01. The highest BCUT2D eigenvalue weighted by Gasteiger charge is 2.34. The number of carbonyl (C=O) groups is 1. The molecule has 0 atom stereocenters. The lowest BCUT2D eigenvalue weighted by atomic mass is 9.80. The van der Waals surface area contributed by atoms with Crippen LogP contribution in [-0.4, -0.2) is 33.9 Å². The van der Waals surface area contributed by atoms with Crippen molar-refractivity contribution in [3.63, 3.8) is 0 Å². The van der Waals surface area contributed by atoms with Gasteiger partial charge in [0.05, 0.1) is 4.99 Å². The molecule has 1 aromatic rings. The fourth-order valence-corrected chi connectivity index (χ4v) is 2.77. The van der Waals surface area contributed by atoms with E-state index in [-0.39, 0.29) is 11.3 Å². The molecule has 1 fully saturated rings. The molecular formula is C13H16BrN3OS. The number of carbonyl (C=O) groups excluding carboxylic acids is 1. The summed E-state index contributed by atoms with van der Waals surface area (Å²) in [5.41, 5.74) is 6.09. The quantitative estimate of drug-likeness (QED) is 0.839. The van der Waals surface area contributed by atoms with Gasteiger partial charge in [-0.2, -0.15) is 0 Å². The van der Waals surface area contributed by atoms with E-state index >= 15 is 0 Å². The SMILES string of the molecule is CC1(C(N)=S)CCN(C(=O)c2ncccc2Br)CC1. The fourth-order valence-electron chi connectivity index (χ4n) is 2.14. The van der Waals surface area contributed by atoms with E-state index in [1.54, 1.807) is 12.3 Å². The van der Waals surface area contributed by atoms with Gasteiger partial charge >= 0.3 is 0 Å². The van der Waals surface area contributed by atoms with Crippen molar-refractivity contribution in [2.24, 2.45) is 11.1 Å². The number of nitrogens with two attached hydrogens (primary N) is 1. The average molecular weight is 342 g/mol. The van der Waals surface area contributed by atoms with Gasteiger partial charge < -0.3 is 10.6 Å². The molecule has 19 heavy (non-hydrogen) atoms. The molecule has 1 saturated heterocycles. The normalized spacial score (nSPS) is 18.1. The molecule has 0 saturated carbocycles. The maximum absolute atomic E-state index is 12.4. The fraction of sp³-hybridized carbons (Fsp3) is 0.462. The molecule has 0 spiro atoms. The Bertz CT molecular complexity index is 512. The number of amides is 1. The Morgan fingerprint density at radius 3 is 2.68 bits per heavy atom. The number of nitrogens with zero attached hydrogens (tertiary/aromatic N) is 2. The van der Waals surface area contributed by atoms with Gasteiger partial charge in [-0.25, -0.2) is 4.98 Å². The summed E-state index contributed by atoms with van der Waals surface area (Å²) in [5.74, 6) is -0.0440. The van der Waals surface area contributed by atoms with Crippen LogP contribution in [0.4, 0.5) is 0 Å². The lowest BCUT2D eigenvalue weighted by molar-refractivity contribution is 0.0663. The van der Waals surface area contributed by atoms with Crippen molar-refractivity contribution in [3.8, 4) is 0 Å². The minimum Gasteiger partial charge on any atom is -0.393 e. The summed E-state index contributed by atoms with van der Waals surface area (Å²) < 4.78 is 0.725. The highest BCUT2D eigenvalue weighted by atomic mass is 79.9. The zero-order valence-corrected chi connectivity index (χ0v) is 13.1. The van der Waals surface area contributed by atoms with Crippen LogP contribution in [-0.2, 0) is 0 Å². The number of piperidine rings is 1. The van der Waals surface area contributed by atoms with Crippen LogP contribution in [0, 0.1) is 5.41 Å². The second-order valence-corrected chi connectivity index (χ2v) is 6.35. The topological polar surface area (TPSA) is 59.2 Å². The predicted octanol–water partition coefficient (Wildman–Crippen LogP) is 2.37. The molecule has 0 aliphatic carbocycles. The first-order valence-electron chi connectivity index (χ1n) is 6.14. The van der Waals surface area contributed by atoms with Crippen molar-refractivity contribution in [2.45, 2.75) is 19.8 Å². The van der Waals surface area contributed by atoms with Gasteiger partial charge in [0.2, 0.25) is 0 Å². The molecule has 2 rings (SSSR count). The molecule has 0 bridgehead atoms. The van der Waals surface area contributed by atoms with Crippen LogP contribution in [0.1, 0.15) is 30.3 Å². The molecule has 0 radical (unpaired) electrons. The zero-order chi connectivity index (χ0) is 14.0. The van der Waals surface area contributed by atoms with Gasteiger partial charge in [-0.15, -0.1) is 0 Å². The van der Waals surface area contributed by atoms with Gasteiger partial charge in [0.15, 0.2) is 0 Å². The molecule has 2 heterocycles. The largest absolute Gasteiger partial charge is 0.393 e.